The maximum absolute atomic E-state index is 6.00. The Kier molecular flexibility index (Phi) is 3.51. The quantitative estimate of drug-likeness (QED) is 0.848. The fourth-order valence-corrected chi connectivity index (χ4v) is 2.21. The molecule has 2 aromatic rings. The molecule has 2 N–H and O–H groups in total. The van der Waals surface area contributed by atoms with E-state index in [0.717, 1.165) is 10.6 Å². The summed E-state index contributed by atoms with van der Waals surface area (Å²) in [5.41, 5.74) is 11.8. The molecule has 0 unspecified atom stereocenters. The van der Waals surface area contributed by atoms with Gasteiger partial charge >= 0.3 is 0 Å². The van der Waals surface area contributed by atoms with Crippen molar-refractivity contribution in [2.75, 3.05) is 0 Å². The van der Waals surface area contributed by atoms with Crippen LogP contribution in [0, 0.1) is 13.8 Å². The van der Waals surface area contributed by atoms with E-state index in [-0.39, 0.29) is 0 Å². The number of nitrogens with two attached hydrogens (primary N) is 1. The fraction of sp³-hybridized carbons (Fsp3) is 0.200. The van der Waals surface area contributed by atoms with E-state index in [2.05, 4.69) is 32.0 Å². The second-order valence-corrected chi connectivity index (χ2v) is 4.76. The van der Waals surface area contributed by atoms with E-state index in [0.29, 0.717) is 6.54 Å². The van der Waals surface area contributed by atoms with Crippen molar-refractivity contribution in [2.45, 2.75) is 20.4 Å². The Morgan fingerprint density at radius 2 is 1.76 bits per heavy atom. The molecule has 0 atom stereocenters. The zero-order chi connectivity index (χ0) is 12.4. The summed E-state index contributed by atoms with van der Waals surface area (Å²) in [6.07, 6.45) is 0. The largest absolute Gasteiger partial charge is 0.326 e. The van der Waals surface area contributed by atoms with Crippen molar-refractivity contribution in [3.8, 4) is 11.1 Å². The van der Waals surface area contributed by atoms with E-state index in [9.17, 15) is 0 Å². The second kappa shape index (κ2) is 4.91. The van der Waals surface area contributed by atoms with Crippen LogP contribution in [0.25, 0.3) is 11.1 Å². The van der Waals surface area contributed by atoms with Gasteiger partial charge in [-0.2, -0.15) is 0 Å². The molecule has 0 aliphatic carbocycles. The molecule has 0 saturated heterocycles. The number of benzene rings is 2. The Hall–Kier alpha value is -1.31. The Balaban J connectivity index is 2.63. The minimum atomic E-state index is 0.503. The van der Waals surface area contributed by atoms with E-state index in [1.165, 1.54) is 22.3 Å². The van der Waals surface area contributed by atoms with Gasteiger partial charge in [-0.1, -0.05) is 41.4 Å². The highest BCUT2D eigenvalue weighted by molar-refractivity contribution is 6.30. The van der Waals surface area contributed by atoms with Gasteiger partial charge in [-0.25, -0.2) is 0 Å². The lowest BCUT2D eigenvalue weighted by molar-refractivity contribution is 1.07. The van der Waals surface area contributed by atoms with Crippen LogP contribution in [0.4, 0.5) is 0 Å². The van der Waals surface area contributed by atoms with Gasteiger partial charge in [0.1, 0.15) is 0 Å². The highest BCUT2D eigenvalue weighted by Crippen LogP contribution is 2.29. The summed E-state index contributed by atoms with van der Waals surface area (Å²) in [4.78, 5) is 0. The predicted octanol–water partition coefficient (Wildman–Crippen LogP) is 4.08. The van der Waals surface area contributed by atoms with Crippen molar-refractivity contribution in [1.29, 1.82) is 0 Å². The summed E-state index contributed by atoms with van der Waals surface area (Å²) in [6, 6.07) is 12.4. The first-order valence-corrected chi connectivity index (χ1v) is 6.05. The van der Waals surface area contributed by atoms with Crippen LogP contribution in [0.5, 0.6) is 0 Å². The van der Waals surface area contributed by atoms with Crippen molar-refractivity contribution in [3.05, 3.63) is 58.1 Å². The maximum atomic E-state index is 6.00. The number of hydrogen-bond donors (Lipinski definition) is 1. The minimum Gasteiger partial charge on any atom is -0.326 e. The number of hydrogen-bond acceptors (Lipinski definition) is 1. The first-order chi connectivity index (χ1) is 8.11. The molecule has 17 heavy (non-hydrogen) atoms. The van der Waals surface area contributed by atoms with Crippen LogP contribution in [0.1, 0.15) is 16.7 Å². The normalized spacial score (nSPS) is 10.6. The van der Waals surface area contributed by atoms with Crippen LogP contribution in [-0.2, 0) is 6.54 Å². The average Bonchev–Trinajstić information content (AvgIpc) is 2.32. The molecule has 0 aliphatic heterocycles. The lowest BCUT2D eigenvalue weighted by Crippen LogP contribution is -1.99. The van der Waals surface area contributed by atoms with E-state index >= 15 is 0 Å². The van der Waals surface area contributed by atoms with E-state index in [1.54, 1.807) is 0 Å². The van der Waals surface area contributed by atoms with E-state index < -0.39 is 0 Å². The Bertz CT molecular complexity index is 547. The third kappa shape index (κ3) is 2.51. The molecule has 2 rings (SSSR count). The minimum absolute atomic E-state index is 0.503. The molecule has 0 spiro atoms. The van der Waals surface area contributed by atoms with Crippen molar-refractivity contribution < 1.29 is 0 Å². The zero-order valence-electron chi connectivity index (χ0n) is 10.1. The second-order valence-electron chi connectivity index (χ2n) is 4.32. The van der Waals surface area contributed by atoms with Crippen molar-refractivity contribution in [2.24, 2.45) is 5.73 Å². The van der Waals surface area contributed by atoms with Crippen LogP contribution < -0.4 is 5.73 Å². The number of rotatable bonds is 2. The van der Waals surface area contributed by atoms with Gasteiger partial charge in [0.15, 0.2) is 0 Å². The van der Waals surface area contributed by atoms with Crippen LogP contribution in [-0.4, -0.2) is 0 Å². The zero-order valence-corrected chi connectivity index (χ0v) is 10.9. The lowest BCUT2D eigenvalue weighted by Gasteiger charge is -2.12. The maximum Gasteiger partial charge on any atom is 0.0409 e. The van der Waals surface area contributed by atoms with Crippen LogP contribution >= 0.6 is 11.6 Å². The first kappa shape index (κ1) is 12.2. The molecule has 0 heterocycles. The average molecular weight is 246 g/mol. The SMILES string of the molecule is Cc1ccc(C)c(-c2ccc(Cl)cc2CN)c1. The van der Waals surface area contributed by atoms with E-state index in [4.69, 9.17) is 17.3 Å². The fourth-order valence-electron chi connectivity index (χ4n) is 2.02. The van der Waals surface area contributed by atoms with Crippen LogP contribution in [0.15, 0.2) is 36.4 Å². The summed E-state index contributed by atoms with van der Waals surface area (Å²) in [5, 5.41) is 0.736. The van der Waals surface area contributed by atoms with Crippen molar-refractivity contribution in [3.63, 3.8) is 0 Å². The third-order valence-electron chi connectivity index (χ3n) is 2.97. The Morgan fingerprint density at radius 1 is 1.00 bits per heavy atom. The van der Waals surface area contributed by atoms with Gasteiger partial charge in [0.05, 0.1) is 0 Å². The van der Waals surface area contributed by atoms with Crippen LogP contribution in [0.3, 0.4) is 0 Å². The molecular weight excluding hydrogens is 230 g/mol. The summed E-state index contributed by atoms with van der Waals surface area (Å²) < 4.78 is 0. The standard InChI is InChI=1S/C15H16ClN/c1-10-3-4-11(2)15(7-10)14-6-5-13(16)8-12(14)9-17/h3-8H,9,17H2,1-2H3. The van der Waals surface area contributed by atoms with Gasteiger partial charge in [-0.3, -0.25) is 0 Å². The monoisotopic (exact) mass is 245 g/mol. The topological polar surface area (TPSA) is 26.0 Å². The van der Waals surface area contributed by atoms with Gasteiger partial charge in [0, 0.05) is 11.6 Å². The molecule has 2 heteroatoms. The van der Waals surface area contributed by atoms with Gasteiger partial charge in [-0.15, -0.1) is 0 Å². The molecule has 88 valence electrons. The molecule has 0 saturated carbocycles. The summed E-state index contributed by atoms with van der Waals surface area (Å²) in [6.45, 7) is 4.72. The summed E-state index contributed by atoms with van der Waals surface area (Å²) in [7, 11) is 0. The third-order valence-corrected chi connectivity index (χ3v) is 3.21. The molecule has 0 aromatic heterocycles. The molecule has 1 nitrogen and oxygen atoms in total. The van der Waals surface area contributed by atoms with Crippen LogP contribution in [0.2, 0.25) is 5.02 Å². The molecule has 0 amide bonds. The Labute approximate surface area is 107 Å². The number of halogens is 1. The van der Waals surface area contributed by atoms with Crippen molar-refractivity contribution in [1.82, 2.24) is 0 Å². The molecular formula is C15H16ClN. The van der Waals surface area contributed by atoms with Crippen molar-refractivity contribution >= 4 is 11.6 Å². The molecule has 0 bridgehead atoms. The molecule has 2 aromatic carbocycles. The molecule has 0 radical (unpaired) electrons. The van der Waals surface area contributed by atoms with Gasteiger partial charge in [-0.05, 0) is 48.2 Å². The highest BCUT2D eigenvalue weighted by atomic mass is 35.5. The van der Waals surface area contributed by atoms with Gasteiger partial charge in [0.2, 0.25) is 0 Å². The lowest BCUT2D eigenvalue weighted by atomic mass is 9.94. The summed E-state index contributed by atoms with van der Waals surface area (Å²) >= 11 is 6.00. The molecule has 0 aliphatic rings. The van der Waals surface area contributed by atoms with Gasteiger partial charge < -0.3 is 5.73 Å². The molecule has 0 fully saturated rings. The predicted molar refractivity (Wildman–Crippen MR) is 74.3 cm³/mol. The van der Waals surface area contributed by atoms with Gasteiger partial charge in [0.25, 0.3) is 0 Å². The summed E-state index contributed by atoms with van der Waals surface area (Å²) in [5.74, 6) is 0. The highest BCUT2D eigenvalue weighted by Gasteiger charge is 2.07. The number of aryl methyl sites for hydroxylation is 2. The smallest absolute Gasteiger partial charge is 0.0409 e. The Morgan fingerprint density at radius 3 is 2.47 bits per heavy atom. The first-order valence-electron chi connectivity index (χ1n) is 5.68. The van der Waals surface area contributed by atoms with E-state index in [1.807, 2.05) is 18.2 Å².